The van der Waals surface area contributed by atoms with E-state index in [-0.39, 0.29) is 5.78 Å². The van der Waals surface area contributed by atoms with Gasteiger partial charge in [0.2, 0.25) is 0 Å². The number of fused-ring (bicyclic) bond motifs is 2. The van der Waals surface area contributed by atoms with Gasteiger partial charge in [-0.2, -0.15) is 5.10 Å². The highest BCUT2D eigenvalue weighted by Gasteiger charge is 2.23. The van der Waals surface area contributed by atoms with Gasteiger partial charge in [0.25, 0.3) is 0 Å². The molecule has 1 atom stereocenters. The van der Waals surface area contributed by atoms with Gasteiger partial charge in [-0.1, -0.05) is 0 Å². The number of H-pyrrole nitrogens is 1. The molecule has 0 saturated carbocycles. The van der Waals surface area contributed by atoms with Gasteiger partial charge in [0.15, 0.2) is 0 Å². The Morgan fingerprint density at radius 2 is 2.14 bits per heavy atom. The van der Waals surface area contributed by atoms with Crippen LogP contribution in [0.4, 0.5) is 0 Å². The van der Waals surface area contributed by atoms with E-state index in [0.29, 0.717) is 25.3 Å². The van der Waals surface area contributed by atoms with E-state index in [4.69, 9.17) is 4.99 Å². The average Bonchev–Trinajstić information content (AvgIpc) is 3.34. The lowest BCUT2D eigenvalue weighted by molar-refractivity contribution is -0.119. The predicted octanol–water partition coefficient (Wildman–Crippen LogP) is 3.17. The van der Waals surface area contributed by atoms with Crippen LogP contribution < -0.4 is 0 Å². The average molecular weight is 385 g/mol. The largest absolute Gasteiger partial charge is 0.299 e. The number of hydrogen-bond donors (Lipinski definition) is 1. The van der Waals surface area contributed by atoms with Crippen molar-refractivity contribution in [2.45, 2.75) is 45.6 Å². The summed E-state index contributed by atoms with van der Waals surface area (Å²) in [6.07, 6.45) is 9.56. The second-order valence-corrected chi connectivity index (χ2v) is 8.09. The van der Waals surface area contributed by atoms with Crippen LogP contribution in [0, 0.1) is 12.8 Å². The molecule has 4 heterocycles. The van der Waals surface area contributed by atoms with Gasteiger partial charge in [0, 0.05) is 53.4 Å². The van der Waals surface area contributed by atoms with Crippen LogP contribution >= 0.6 is 0 Å². The van der Waals surface area contributed by atoms with Crippen molar-refractivity contribution in [1.82, 2.24) is 20.2 Å². The molecule has 0 spiro atoms. The first-order valence-electron chi connectivity index (χ1n) is 10.1. The zero-order valence-electron chi connectivity index (χ0n) is 16.5. The Balaban J connectivity index is 1.25. The second-order valence-electron chi connectivity index (χ2n) is 8.09. The number of nitrogens with zero attached hydrogens (tertiary/aromatic N) is 4. The third-order valence-corrected chi connectivity index (χ3v) is 5.89. The molecule has 2 aliphatic rings. The monoisotopic (exact) mass is 385 g/mol. The van der Waals surface area contributed by atoms with Crippen LogP contribution in [-0.4, -0.2) is 31.7 Å². The number of Topliss-reactive ketones (excluding diaryl/α,β-unsaturated/α-hetero) is 1. The van der Waals surface area contributed by atoms with E-state index in [9.17, 15) is 4.79 Å². The van der Waals surface area contributed by atoms with Crippen molar-refractivity contribution < 1.29 is 4.79 Å². The van der Waals surface area contributed by atoms with Gasteiger partial charge < -0.3 is 0 Å². The minimum Gasteiger partial charge on any atom is -0.299 e. The maximum atomic E-state index is 12.7. The summed E-state index contributed by atoms with van der Waals surface area (Å²) < 4.78 is 0. The maximum Gasteiger partial charge on any atom is 0.139 e. The topological polar surface area (TPSA) is 83.9 Å². The number of carbonyl (C=O) groups excluding carboxylic acids is 1. The van der Waals surface area contributed by atoms with Crippen molar-refractivity contribution in [3.8, 4) is 0 Å². The highest BCUT2D eigenvalue weighted by atomic mass is 16.1. The summed E-state index contributed by atoms with van der Waals surface area (Å²) in [5, 5.41) is 7.17. The van der Waals surface area contributed by atoms with Gasteiger partial charge in [0.1, 0.15) is 5.78 Å². The normalized spacial score (nSPS) is 17.6. The minimum atomic E-state index is 0.262. The molecule has 0 aromatic carbocycles. The number of pyridine rings is 2. The number of aryl methyl sites for hydroxylation is 2. The molecule has 1 unspecified atom stereocenters. The molecule has 0 radical (unpaired) electrons. The molecule has 3 aromatic rings. The van der Waals surface area contributed by atoms with Gasteiger partial charge in [-0.15, -0.1) is 0 Å². The van der Waals surface area contributed by atoms with E-state index in [1.54, 1.807) is 0 Å². The fourth-order valence-corrected chi connectivity index (χ4v) is 4.44. The SMILES string of the molecule is Cc1cc(C2=NCc3cc(CC(=O)CC4CCc5[nH]ncc5C4)ncc32)ccn1. The quantitative estimate of drug-likeness (QED) is 0.731. The molecule has 29 heavy (non-hydrogen) atoms. The number of hydrogen-bond acceptors (Lipinski definition) is 5. The Hall–Kier alpha value is -3.15. The number of aromatic nitrogens is 4. The molecule has 3 aromatic heterocycles. The molecule has 0 fully saturated rings. The van der Waals surface area contributed by atoms with Crippen LogP contribution in [0.25, 0.3) is 0 Å². The first-order chi connectivity index (χ1) is 14.2. The van der Waals surface area contributed by atoms with Crippen LogP contribution in [0.3, 0.4) is 0 Å². The molecular formula is C23H23N5O. The first kappa shape index (κ1) is 17.9. The molecule has 0 saturated heterocycles. The highest BCUT2D eigenvalue weighted by Crippen LogP contribution is 2.27. The summed E-state index contributed by atoms with van der Waals surface area (Å²) >= 11 is 0. The number of nitrogens with one attached hydrogen (secondary N) is 1. The number of aliphatic imine (C=N–C) groups is 1. The fraction of sp³-hybridized carbons (Fsp3) is 0.348. The molecule has 146 valence electrons. The van der Waals surface area contributed by atoms with Crippen molar-refractivity contribution in [3.63, 3.8) is 0 Å². The number of aromatic amines is 1. The Labute approximate surface area is 169 Å². The van der Waals surface area contributed by atoms with Crippen molar-refractivity contribution in [2.24, 2.45) is 10.9 Å². The molecule has 1 N–H and O–H groups in total. The van der Waals surface area contributed by atoms with Crippen LogP contribution in [0.15, 0.2) is 41.8 Å². The number of rotatable bonds is 5. The Bertz CT molecular complexity index is 1110. The lowest BCUT2D eigenvalue weighted by atomic mass is 9.84. The van der Waals surface area contributed by atoms with Crippen molar-refractivity contribution in [2.75, 3.05) is 0 Å². The first-order valence-corrected chi connectivity index (χ1v) is 10.1. The summed E-state index contributed by atoms with van der Waals surface area (Å²) in [6, 6.07) is 6.07. The second kappa shape index (κ2) is 7.35. The molecule has 0 amide bonds. The lowest BCUT2D eigenvalue weighted by Crippen LogP contribution is -2.18. The maximum absolute atomic E-state index is 12.7. The van der Waals surface area contributed by atoms with E-state index in [1.807, 2.05) is 43.7 Å². The van der Waals surface area contributed by atoms with E-state index in [2.05, 4.69) is 20.2 Å². The van der Waals surface area contributed by atoms with Crippen LogP contribution in [0.5, 0.6) is 0 Å². The summed E-state index contributed by atoms with van der Waals surface area (Å²) in [7, 11) is 0. The Morgan fingerprint density at radius 3 is 3.03 bits per heavy atom. The molecule has 1 aliphatic carbocycles. The molecule has 6 heteroatoms. The summed E-state index contributed by atoms with van der Waals surface area (Å²) in [6.45, 7) is 2.62. The smallest absolute Gasteiger partial charge is 0.139 e. The van der Waals surface area contributed by atoms with Gasteiger partial charge in [-0.3, -0.25) is 24.9 Å². The van der Waals surface area contributed by atoms with Crippen LogP contribution in [-0.2, 0) is 30.6 Å². The van der Waals surface area contributed by atoms with E-state index in [1.165, 1.54) is 11.3 Å². The van der Waals surface area contributed by atoms with E-state index < -0.39 is 0 Å². The lowest BCUT2D eigenvalue weighted by Gasteiger charge is -2.20. The Morgan fingerprint density at radius 1 is 1.21 bits per heavy atom. The minimum absolute atomic E-state index is 0.262. The summed E-state index contributed by atoms with van der Waals surface area (Å²) in [4.78, 5) is 26.2. The molecule has 5 rings (SSSR count). The van der Waals surface area contributed by atoms with Crippen molar-refractivity contribution >= 4 is 11.5 Å². The number of carbonyl (C=O) groups is 1. The third-order valence-electron chi connectivity index (χ3n) is 5.89. The molecule has 6 nitrogen and oxygen atoms in total. The van der Waals surface area contributed by atoms with Gasteiger partial charge in [-0.25, -0.2) is 0 Å². The van der Waals surface area contributed by atoms with Crippen LogP contribution in [0.1, 0.15) is 52.2 Å². The molecule has 1 aliphatic heterocycles. The van der Waals surface area contributed by atoms with E-state index in [0.717, 1.165) is 53.1 Å². The molecule has 0 bridgehead atoms. The summed E-state index contributed by atoms with van der Waals surface area (Å²) in [5.74, 6) is 0.671. The third kappa shape index (κ3) is 3.62. The van der Waals surface area contributed by atoms with E-state index >= 15 is 0 Å². The highest BCUT2D eigenvalue weighted by molar-refractivity contribution is 6.15. The fourth-order valence-electron chi connectivity index (χ4n) is 4.44. The standard InChI is InChI=1S/C23H23N5O/c1-14-6-16(4-5-24-14)23-21-13-25-19(9-17(21)11-26-23)10-20(29)8-15-2-3-22-18(7-15)12-27-28-22/h4-6,9,12-13,15H,2-3,7-8,10-11H2,1H3,(H,27,28). The van der Waals surface area contributed by atoms with Crippen molar-refractivity contribution in [3.05, 3.63) is 76.1 Å². The van der Waals surface area contributed by atoms with Gasteiger partial charge in [0.05, 0.1) is 18.5 Å². The van der Waals surface area contributed by atoms with Crippen LogP contribution in [0.2, 0.25) is 0 Å². The summed E-state index contributed by atoms with van der Waals surface area (Å²) in [5.41, 5.74) is 8.55. The van der Waals surface area contributed by atoms with Crippen molar-refractivity contribution in [1.29, 1.82) is 0 Å². The Kier molecular flexibility index (Phi) is 4.54. The zero-order valence-corrected chi connectivity index (χ0v) is 16.5. The predicted molar refractivity (Wildman–Crippen MR) is 110 cm³/mol. The zero-order chi connectivity index (χ0) is 19.8. The molecular weight excluding hydrogens is 362 g/mol. The van der Waals surface area contributed by atoms with Gasteiger partial charge in [-0.05, 0) is 61.4 Å². The van der Waals surface area contributed by atoms with Gasteiger partial charge >= 0.3 is 0 Å². The number of ketones is 1.